The monoisotopic (exact) mass is 363 g/mol. The van der Waals surface area contributed by atoms with Crippen LogP contribution in [-0.2, 0) is 0 Å². The minimum Gasteiger partial charge on any atom is -0.490 e. The SMILES string of the molecule is Cc1ccc(-c2ccccc2)c(OC(C)C)c1C=NC1CCCCCCC1. The van der Waals surface area contributed by atoms with Crippen LogP contribution >= 0.6 is 0 Å². The third-order valence-corrected chi connectivity index (χ3v) is 5.34. The van der Waals surface area contributed by atoms with Crippen LogP contribution in [0.1, 0.15) is 69.9 Å². The molecule has 2 nitrogen and oxygen atoms in total. The van der Waals surface area contributed by atoms with E-state index in [0.717, 1.165) is 16.9 Å². The van der Waals surface area contributed by atoms with Gasteiger partial charge in [0.05, 0.1) is 6.10 Å². The summed E-state index contributed by atoms with van der Waals surface area (Å²) in [6, 6.07) is 15.3. The maximum atomic E-state index is 6.31. The number of aryl methyl sites for hydroxylation is 1. The van der Waals surface area contributed by atoms with Gasteiger partial charge in [-0.2, -0.15) is 0 Å². The normalized spacial score (nSPS) is 16.4. The summed E-state index contributed by atoms with van der Waals surface area (Å²) in [6.45, 7) is 6.33. The first-order valence-corrected chi connectivity index (χ1v) is 10.5. The molecule has 0 amide bonds. The number of hydrogen-bond donors (Lipinski definition) is 0. The van der Waals surface area contributed by atoms with Crippen LogP contribution in [0, 0.1) is 6.92 Å². The average molecular weight is 364 g/mol. The van der Waals surface area contributed by atoms with Gasteiger partial charge in [0.25, 0.3) is 0 Å². The fraction of sp³-hybridized carbons (Fsp3) is 0.480. The molecule has 0 aromatic heterocycles. The van der Waals surface area contributed by atoms with E-state index in [1.54, 1.807) is 0 Å². The first-order valence-electron chi connectivity index (χ1n) is 10.5. The number of hydrogen-bond acceptors (Lipinski definition) is 2. The summed E-state index contributed by atoms with van der Waals surface area (Å²) in [5.74, 6) is 0.964. The van der Waals surface area contributed by atoms with Crippen LogP contribution < -0.4 is 4.74 Å². The van der Waals surface area contributed by atoms with E-state index in [0.29, 0.717) is 6.04 Å². The van der Waals surface area contributed by atoms with Crippen molar-refractivity contribution in [3.05, 3.63) is 53.6 Å². The van der Waals surface area contributed by atoms with E-state index in [-0.39, 0.29) is 6.10 Å². The molecule has 27 heavy (non-hydrogen) atoms. The Morgan fingerprint density at radius 2 is 1.59 bits per heavy atom. The van der Waals surface area contributed by atoms with Crippen molar-refractivity contribution in [3.8, 4) is 16.9 Å². The molecule has 0 bridgehead atoms. The predicted molar refractivity (Wildman–Crippen MR) is 116 cm³/mol. The molecule has 0 N–H and O–H groups in total. The molecule has 144 valence electrons. The Morgan fingerprint density at radius 1 is 0.926 bits per heavy atom. The Morgan fingerprint density at radius 3 is 2.26 bits per heavy atom. The van der Waals surface area contributed by atoms with Gasteiger partial charge < -0.3 is 4.74 Å². The third-order valence-electron chi connectivity index (χ3n) is 5.34. The highest BCUT2D eigenvalue weighted by molar-refractivity contribution is 5.90. The van der Waals surface area contributed by atoms with E-state index in [9.17, 15) is 0 Å². The minimum atomic E-state index is 0.128. The van der Waals surface area contributed by atoms with E-state index in [2.05, 4.69) is 69.5 Å². The quantitative estimate of drug-likeness (QED) is 0.525. The molecule has 1 fully saturated rings. The van der Waals surface area contributed by atoms with E-state index in [1.807, 2.05) is 0 Å². The van der Waals surface area contributed by atoms with Gasteiger partial charge in [-0.25, -0.2) is 0 Å². The highest BCUT2D eigenvalue weighted by Crippen LogP contribution is 2.35. The Labute approximate surface area is 164 Å². The van der Waals surface area contributed by atoms with Crippen LogP contribution in [0.15, 0.2) is 47.5 Å². The van der Waals surface area contributed by atoms with E-state index in [4.69, 9.17) is 9.73 Å². The van der Waals surface area contributed by atoms with Crippen LogP contribution in [0.2, 0.25) is 0 Å². The van der Waals surface area contributed by atoms with Gasteiger partial charge in [-0.15, -0.1) is 0 Å². The van der Waals surface area contributed by atoms with Crippen LogP contribution in [-0.4, -0.2) is 18.4 Å². The van der Waals surface area contributed by atoms with E-state index < -0.39 is 0 Å². The van der Waals surface area contributed by atoms with Crippen molar-refractivity contribution in [3.63, 3.8) is 0 Å². The lowest BCUT2D eigenvalue weighted by molar-refractivity contribution is 0.243. The number of ether oxygens (including phenoxy) is 1. The van der Waals surface area contributed by atoms with Crippen LogP contribution in [0.5, 0.6) is 5.75 Å². The molecule has 2 aromatic carbocycles. The topological polar surface area (TPSA) is 21.6 Å². The Hall–Kier alpha value is -2.09. The van der Waals surface area contributed by atoms with Crippen molar-refractivity contribution in [1.82, 2.24) is 0 Å². The Bertz CT molecular complexity index is 740. The van der Waals surface area contributed by atoms with Crippen molar-refractivity contribution >= 4 is 6.21 Å². The molecule has 0 saturated heterocycles. The Balaban J connectivity index is 1.96. The lowest BCUT2D eigenvalue weighted by atomic mass is 9.96. The van der Waals surface area contributed by atoms with Gasteiger partial charge in [-0.1, -0.05) is 74.6 Å². The zero-order chi connectivity index (χ0) is 19.1. The maximum Gasteiger partial charge on any atom is 0.136 e. The zero-order valence-corrected chi connectivity index (χ0v) is 17.1. The Kier molecular flexibility index (Phi) is 7.09. The van der Waals surface area contributed by atoms with Gasteiger partial charge in [0.2, 0.25) is 0 Å². The largest absolute Gasteiger partial charge is 0.490 e. The number of nitrogens with zero attached hydrogens (tertiary/aromatic N) is 1. The lowest BCUT2D eigenvalue weighted by Crippen LogP contribution is -2.11. The summed E-state index contributed by atoms with van der Waals surface area (Å²) >= 11 is 0. The van der Waals surface area contributed by atoms with Gasteiger partial charge in [0, 0.05) is 23.4 Å². The van der Waals surface area contributed by atoms with Gasteiger partial charge >= 0.3 is 0 Å². The second kappa shape index (κ2) is 9.73. The van der Waals surface area contributed by atoms with Gasteiger partial charge in [0.15, 0.2) is 0 Å². The third kappa shape index (κ3) is 5.45. The lowest BCUT2D eigenvalue weighted by Gasteiger charge is -2.20. The molecule has 0 radical (unpaired) electrons. The maximum absolute atomic E-state index is 6.31. The second-order valence-corrected chi connectivity index (χ2v) is 7.98. The summed E-state index contributed by atoms with van der Waals surface area (Å²) in [5, 5.41) is 0. The number of rotatable bonds is 5. The molecule has 0 atom stereocenters. The van der Waals surface area contributed by atoms with Crippen LogP contribution in [0.25, 0.3) is 11.1 Å². The van der Waals surface area contributed by atoms with Crippen LogP contribution in [0.3, 0.4) is 0 Å². The molecule has 3 rings (SSSR count). The molecule has 2 heteroatoms. The molecule has 2 aromatic rings. The van der Waals surface area contributed by atoms with E-state index in [1.165, 1.54) is 56.1 Å². The molecule has 1 aliphatic carbocycles. The predicted octanol–water partition coefficient (Wildman–Crippen LogP) is 6.98. The summed E-state index contributed by atoms with van der Waals surface area (Å²) < 4.78 is 6.31. The molecule has 1 saturated carbocycles. The summed E-state index contributed by atoms with van der Waals surface area (Å²) in [5.41, 5.74) is 4.69. The molecule has 0 spiro atoms. The molecule has 0 aliphatic heterocycles. The molecule has 0 heterocycles. The van der Waals surface area contributed by atoms with Crippen molar-refractivity contribution in [2.24, 2.45) is 4.99 Å². The summed E-state index contributed by atoms with van der Waals surface area (Å²) in [6.07, 6.45) is 11.4. The van der Waals surface area contributed by atoms with Gasteiger partial charge in [0.1, 0.15) is 5.75 Å². The molecule has 1 aliphatic rings. The van der Waals surface area contributed by atoms with Gasteiger partial charge in [-0.3, -0.25) is 4.99 Å². The first-order chi connectivity index (χ1) is 13.1. The zero-order valence-electron chi connectivity index (χ0n) is 17.1. The van der Waals surface area contributed by atoms with Crippen molar-refractivity contribution < 1.29 is 4.74 Å². The highest BCUT2D eigenvalue weighted by Gasteiger charge is 2.16. The molecule has 0 unspecified atom stereocenters. The number of benzene rings is 2. The molecular formula is C25H33NO. The van der Waals surface area contributed by atoms with E-state index >= 15 is 0 Å². The summed E-state index contributed by atoms with van der Waals surface area (Å²) in [7, 11) is 0. The van der Waals surface area contributed by atoms with Crippen molar-refractivity contribution in [2.45, 2.75) is 77.9 Å². The smallest absolute Gasteiger partial charge is 0.136 e. The van der Waals surface area contributed by atoms with Gasteiger partial charge in [-0.05, 0) is 44.7 Å². The van der Waals surface area contributed by atoms with Crippen molar-refractivity contribution in [2.75, 3.05) is 0 Å². The molecular weight excluding hydrogens is 330 g/mol. The second-order valence-electron chi connectivity index (χ2n) is 7.98. The summed E-state index contributed by atoms with van der Waals surface area (Å²) in [4.78, 5) is 5.01. The standard InChI is InChI=1S/C25H33NO/c1-19(2)27-25-23(21-12-8-7-9-13-21)17-16-20(3)24(25)18-26-22-14-10-5-4-6-11-15-22/h7-9,12-13,16-19,22H,4-6,10-11,14-15H2,1-3H3. The fourth-order valence-electron chi connectivity index (χ4n) is 3.83. The van der Waals surface area contributed by atoms with Crippen molar-refractivity contribution in [1.29, 1.82) is 0 Å². The van der Waals surface area contributed by atoms with Crippen LogP contribution in [0.4, 0.5) is 0 Å². The minimum absolute atomic E-state index is 0.128. The fourth-order valence-corrected chi connectivity index (χ4v) is 3.83. The first kappa shape index (κ1) is 19.7. The highest BCUT2D eigenvalue weighted by atomic mass is 16.5. The average Bonchev–Trinajstić information content (AvgIpc) is 2.63. The number of aliphatic imine (C=N–C) groups is 1.